The first-order valence-electron chi connectivity index (χ1n) is 7.59. The van der Waals surface area contributed by atoms with Gasteiger partial charge in [0.05, 0.1) is 0 Å². The van der Waals surface area contributed by atoms with Crippen LogP contribution >= 0.6 is 15.9 Å². The van der Waals surface area contributed by atoms with Crippen molar-refractivity contribution in [3.63, 3.8) is 0 Å². The lowest BCUT2D eigenvalue weighted by Crippen LogP contribution is -2.50. The summed E-state index contributed by atoms with van der Waals surface area (Å²) in [7, 11) is 2.03. The van der Waals surface area contributed by atoms with Gasteiger partial charge in [0.2, 0.25) is 0 Å². The lowest BCUT2D eigenvalue weighted by Gasteiger charge is -2.38. The second-order valence-corrected chi connectivity index (χ2v) is 7.46. The fraction of sp³-hybridized carbons (Fsp3) is 0.625. The normalized spacial score (nSPS) is 19.0. The predicted molar refractivity (Wildman–Crippen MR) is 91.2 cm³/mol. The number of aromatic nitrogens is 1. The topological polar surface area (TPSA) is 45.7 Å². The Morgan fingerprint density at radius 3 is 2.82 bits per heavy atom. The number of likely N-dealkylation sites (tertiary alicyclic amines) is 1. The third-order valence-corrected chi connectivity index (χ3v) is 4.10. The third kappa shape index (κ3) is 4.60. The van der Waals surface area contributed by atoms with Crippen LogP contribution in [0.5, 0.6) is 0 Å². The molecule has 0 radical (unpaired) electrons. The van der Waals surface area contributed by atoms with Crippen molar-refractivity contribution in [2.75, 3.05) is 25.0 Å². The first-order chi connectivity index (χ1) is 10.3. The Balaban J connectivity index is 2.02. The Bertz CT molecular complexity index is 530. The number of carbonyl (C=O) groups excluding carboxylic acids is 1. The first kappa shape index (κ1) is 17.1. The maximum absolute atomic E-state index is 12.2. The molecule has 2 heterocycles. The van der Waals surface area contributed by atoms with Crippen molar-refractivity contribution in [2.45, 2.75) is 45.3 Å². The van der Waals surface area contributed by atoms with E-state index >= 15 is 0 Å². The van der Waals surface area contributed by atoms with Gasteiger partial charge in [0, 0.05) is 26.2 Å². The molecule has 0 bridgehead atoms. The molecule has 2 rings (SSSR count). The highest BCUT2D eigenvalue weighted by molar-refractivity contribution is 9.10. The summed E-state index contributed by atoms with van der Waals surface area (Å²) in [5, 5.41) is 0. The summed E-state index contributed by atoms with van der Waals surface area (Å²) >= 11 is 3.40. The van der Waals surface area contributed by atoms with E-state index in [1.165, 1.54) is 0 Å². The molecule has 1 saturated heterocycles. The van der Waals surface area contributed by atoms with Crippen LogP contribution in [0.3, 0.4) is 0 Å². The van der Waals surface area contributed by atoms with Crippen molar-refractivity contribution < 1.29 is 9.53 Å². The summed E-state index contributed by atoms with van der Waals surface area (Å²) in [5.74, 6) is 0.908. The van der Waals surface area contributed by atoms with Crippen LogP contribution in [0.1, 0.15) is 33.6 Å². The van der Waals surface area contributed by atoms with Crippen molar-refractivity contribution >= 4 is 27.8 Å². The summed E-state index contributed by atoms with van der Waals surface area (Å²) < 4.78 is 6.29. The number of ether oxygens (including phenoxy) is 1. The van der Waals surface area contributed by atoms with Crippen molar-refractivity contribution in [1.82, 2.24) is 9.88 Å². The molecule has 1 aliphatic heterocycles. The van der Waals surface area contributed by atoms with E-state index in [2.05, 4.69) is 25.8 Å². The van der Waals surface area contributed by atoms with Gasteiger partial charge in [-0.15, -0.1) is 0 Å². The Hall–Kier alpha value is -1.30. The molecule has 1 atom stereocenters. The molecular weight excluding hydrogens is 346 g/mol. The van der Waals surface area contributed by atoms with E-state index in [0.717, 1.165) is 29.8 Å². The van der Waals surface area contributed by atoms with Gasteiger partial charge in [-0.3, -0.25) is 0 Å². The molecule has 1 fully saturated rings. The summed E-state index contributed by atoms with van der Waals surface area (Å²) in [5.41, 5.74) is -0.457. The van der Waals surface area contributed by atoms with E-state index in [4.69, 9.17) is 4.74 Å². The van der Waals surface area contributed by atoms with E-state index in [1.807, 2.05) is 46.0 Å². The van der Waals surface area contributed by atoms with E-state index in [1.54, 1.807) is 4.90 Å². The van der Waals surface area contributed by atoms with Gasteiger partial charge in [0.15, 0.2) is 0 Å². The number of likely N-dealkylation sites (N-methyl/N-ethyl adjacent to an activating group) is 1. The van der Waals surface area contributed by atoms with Gasteiger partial charge in [0.1, 0.15) is 16.0 Å². The molecule has 0 saturated carbocycles. The minimum absolute atomic E-state index is 0.229. The molecule has 5 nitrogen and oxygen atoms in total. The molecule has 0 spiro atoms. The highest BCUT2D eigenvalue weighted by Crippen LogP contribution is 2.22. The Morgan fingerprint density at radius 2 is 2.18 bits per heavy atom. The molecular formula is C16H24BrN3O2. The van der Waals surface area contributed by atoms with Gasteiger partial charge >= 0.3 is 6.09 Å². The fourth-order valence-electron chi connectivity index (χ4n) is 2.54. The maximum atomic E-state index is 12.2. The zero-order valence-corrected chi connectivity index (χ0v) is 15.3. The number of carbonyl (C=O) groups is 1. The molecule has 122 valence electrons. The quantitative estimate of drug-likeness (QED) is 0.745. The van der Waals surface area contributed by atoms with E-state index in [9.17, 15) is 4.79 Å². The average molecular weight is 370 g/mol. The lowest BCUT2D eigenvalue weighted by atomic mass is 10.0. The van der Waals surface area contributed by atoms with E-state index in [0.29, 0.717) is 6.54 Å². The molecule has 0 aromatic carbocycles. The van der Waals surface area contributed by atoms with E-state index in [-0.39, 0.29) is 12.1 Å². The zero-order chi connectivity index (χ0) is 16.3. The molecule has 6 heteroatoms. The number of pyridine rings is 1. The number of hydrogen-bond acceptors (Lipinski definition) is 4. The first-order valence-corrected chi connectivity index (χ1v) is 8.39. The standard InChI is InChI=1S/C16H24BrN3O2/c1-16(2,3)22-15(21)20-10-6-7-12(11-20)19(4)14-9-5-8-13(17)18-14/h5,8-9,12H,6-7,10-11H2,1-4H3/t12-/m1/s1. The number of halogens is 1. The van der Waals surface area contributed by atoms with E-state index < -0.39 is 5.60 Å². The highest BCUT2D eigenvalue weighted by Gasteiger charge is 2.29. The number of amides is 1. The second-order valence-electron chi connectivity index (χ2n) is 6.65. The van der Waals surface area contributed by atoms with Gasteiger partial charge in [-0.25, -0.2) is 9.78 Å². The maximum Gasteiger partial charge on any atom is 0.410 e. The van der Waals surface area contributed by atoms with Gasteiger partial charge < -0.3 is 14.5 Å². The van der Waals surface area contributed by atoms with Crippen LogP contribution in [-0.4, -0.2) is 47.8 Å². The Kier molecular flexibility index (Phi) is 5.32. The van der Waals surface area contributed by atoms with Crippen molar-refractivity contribution in [3.8, 4) is 0 Å². The van der Waals surface area contributed by atoms with Crippen LogP contribution in [0.25, 0.3) is 0 Å². The molecule has 0 unspecified atom stereocenters. The smallest absolute Gasteiger partial charge is 0.410 e. The Morgan fingerprint density at radius 1 is 1.45 bits per heavy atom. The van der Waals surface area contributed by atoms with Crippen LogP contribution in [-0.2, 0) is 4.74 Å². The Labute approximate surface area is 140 Å². The van der Waals surface area contributed by atoms with Crippen molar-refractivity contribution in [2.24, 2.45) is 0 Å². The molecule has 1 aromatic rings. The van der Waals surface area contributed by atoms with Crippen molar-refractivity contribution in [1.29, 1.82) is 0 Å². The fourth-order valence-corrected chi connectivity index (χ4v) is 2.88. The van der Waals surface area contributed by atoms with Gasteiger partial charge in [-0.1, -0.05) is 6.07 Å². The number of anilines is 1. The molecule has 1 aliphatic rings. The number of hydrogen-bond donors (Lipinski definition) is 0. The minimum Gasteiger partial charge on any atom is -0.444 e. The third-order valence-electron chi connectivity index (χ3n) is 3.66. The zero-order valence-electron chi connectivity index (χ0n) is 13.7. The molecule has 0 aliphatic carbocycles. The van der Waals surface area contributed by atoms with Crippen LogP contribution in [0.2, 0.25) is 0 Å². The number of nitrogens with zero attached hydrogens (tertiary/aromatic N) is 3. The van der Waals surface area contributed by atoms with Crippen LogP contribution < -0.4 is 4.90 Å². The lowest BCUT2D eigenvalue weighted by molar-refractivity contribution is 0.0199. The van der Waals surface area contributed by atoms with Gasteiger partial charge in [-0.2, -0.15) is 0 Å². The monoisotopic (exact) mass is 369 g/mol. The summed E-state index contributed by atoms with van der Waals surface area (Å²) in [6.45, 7) is 7.10. The molecule has 0 N–H and O–H groups in total. The average Bonchev–Trinajstić information content (AvgIpc) is 2.45. The van der Waals surface area contributed by atoms with Crippen LogP contribution in [0, 0.1) is 0 Å². The molecule has 1 aromatic heterocycles. The number of rotatable bonds is 2. The summed E-state index contributed by atoms with van der Waals surface area (Å²) in [6, 6.07) is 6.11. The number of piperidine rings is 1. The minimum atomic E-state index is -0.457. The second kappa shape index (κ2) is 6.86. The molecule has 22 heavy (non-hydrogen) atoms. The van der Waals surface area contributed by atoms with Gasteiger partial charge in [0.25, 0.3) is 0 Å². The SMILES string of the molecule is CN(c1cccc(Br)n1)[C@@H]1CCCN(C(=O)OC(C)(C)C)C1. The highest BCUT2D eigenvalue weighted by atomic mass is 79.9. The van der Waals surface area contributed by atoms with Crippen LogP contribution in [0.15, 0.2) is 22.8 Å². The predicted octanol–water partition coefficient (Wildman–Crippen LogP) is 3.68. The summed E-state index contributed by atoms with van der Waals surface area (Å²) in [6.07, 6.45) is 1.79. The largest absolute Gasteiger partial charge is 0.444 e. The molecule has 1 amide bonds. The summed E-state index contributed by atoms with van der Waals surface area (Å²) in [4.78, 5) is 20.7. The van der Waals surface area contributed by atoms with Crippen molar-refractivity contribution in [3.05, 3.63) is 22.8 Å². The van der Waals surface area contributed by atoms with Gasteiger partial charge in [-0.05, 0) is 61.7 Å². The van der Waals surface area contributed by atoms with Crippen LogP contribution in [0.4, 0.5) is 10.6 Å².